The first-order valence-electron chi connectivity index (χ1n) is 6.72. The summed E-state index contributed by atoms with van der Waals surface area (Å²) >= 11 is 5.80. The van der Waals surface area contributed by atoms with E-state index < -0.39 is 0 Å². The number of aromatic nitrogens is 2. The van der Waals surface area contributed by atoms with Crippen LogP contribution in [0, 0.1) is 13.8 Å². The van der Waals surface area contributed by atoms with Crippen LogP contribution in [-0.4, -0.2) is 22.2 Å². The number of nitrogens with one attached hydrogen (secondary N) is 2. The Morgan fingerprint density at radius 1 is 1.29 bits per heavy atom. The number of benzene rings is 1. The SMILES string of the molecule is Cc1nn(C)c(C)c1CNCC(=O)Nc1ccc(Cl)cc1. The van der Waals surface area contributed by atoms with Gasteiger partial charge in [0.25, 0.3) is 0 Å². The summed E-state index contributed by atoms with van der Waals surface area (Å²) in [4.78, 5) is 11.8. The predicted molar refractivity (Wildman–Crippen MR) is 84.5 cm³/mol. The Labute approximate surface area is 129 Å². The summed E-state index contributed by atoms with van der Waals surface area (Å²) in [5.74, 6) is -0.0866. The topological polar surface area (TPSA) is 59.0 Å². The van der Waals surface area contributed by atoms with Crippen LogP contribution in [0.3, 0.4) is 0 Å². The van der Waals surface area contributed by atoms with Gasteiger partial charge in [0, 0.05) is 35.6 Å². The molecule has 1 aromatic heterocycles. The van der Waals surface area contributed by atoms with Gasteiger partial charge in [-0.15, -0.1) is 0 Å². The minimum absolute atomic E-state index is 0.0866. The van der Waals surface area contributed by atoms with Gasteiger partial charge in [-0.05, 0) is 38.1 Å². The van der Waals surface area contributed by atoms with Crippen molar-refractivity contribution in [3.05, 3.63) is 46.2 Å². The van der Waals surface area contributed by atoms with E-state index in [2.05, 4.69) is 15.7 Å². The van der Waals surface area contributed by atoms with Crippen LogP contribution < -0.4 is 10.6 Å². The molecule has 0 aliphatic heterocycles. The molecule has 0 fully saturated rings. The first-order chi connectivity index (χ1) is 9.97. The molecule has 112 valence electrons. The predicted octanol–water partition coefficient (Wildman–Crippen LogP) is 2.42. The maximum atomic E-state index is 11.8. The van der Waals surface area contributed by atoms with Gasteiger partial charge in [-0.3, -0.25) is 9.48 Å². The van der Waals surface area contributed by atoms with Gasteiger partial charge in [0.1, 0.15) is 0 Å². The fourth-order valence-electron chi connectivity index (χ4n) is 2.11. The quantitative estimate of drug-likeness (QED) is 0.892. The lowest BCUT2D eigenvalue weighted by atomic mass is 10.2. The van der Waals surface area contributed by atoms with Crippen LogP contribution in [0.25, 0.3) is 0 Å². The van der Waals surface area contributed by atoms with E-state index in [1.807, 2.05) is 25.6 Å². The molecular formula is C15H19ClN4O. The first-order valence-corrected chi connectivity index (χ1v) is 7.10. The Morgan fingerprint density at radius 2 is 1.95 bits per heavy atom. The van der Waals surface area contributed by atoms with Gasteiger partial charge < -0.3 is 10.6 Å². The standard InChI is InChI=1S/C15H19ClN4O/c1-10-14(11(2)20(3)19-10)8-17-9-15(21)18-13-6-4-12(16)5-7-13/h4-7,17H,8-9H2,1-3H3,(H,18,21). The Kier molecular flexibility index (Phi) is 4.98. The molecule has 0 unspecified atom stereocenters. The summed E-state index contributed by atoms with van der Waals surface area (Å²) in [6.07, 6.45) is 0. The molecule has 2 rings (SSSR count). The van der Waals surface area contributed by atoms with Crippen molar-refractivity contribution < 1.29 is 4.79 Å². The highest BCUT2D eigenvalue weighted by molar-refractivity contribution is 6.30. The maximum absolute atomic E-state index is 11.8. The van der Waals surface area contributed by atoms with Crippen LogP contribution in [-0.2, 0) is 18.4 Å². The molecule has 0 radical (unpaired) electrons. The van der Waals surface area contributed by atoms with Gasteiger partial charge >= 0.3 is 0 Å². The second kappa shape index (κ2) is 6.74. The lowest BCUT2D eigenvalue weighted by Gasteiger charge is -2.07. The average Bonchev–Trinajstić information content (AvgIpc) is 2.68. The Balaban J connectivity index is 1.83. The highest BCUT2D eigenvalue weighted by Crippen LogP contribution is 2.13. The van der Waals surface area contributed by atoms with E-state index in [9.17, 15) is 4.79 Å². The zero-order valence-corrected chi connectivity index (χ0v) is 13.2. The summed E-state index contributed by atoms with van der Waals surface area (Å²) in [7, 11) is 1.92. The van der Waals surface area contributed by atoms with Gasteiger partial charge in [0.2, 0.25) is 5.91 Å². The summed E-state index contributed by atoms with van der Waals surface area (Å²) in [5, 5.41) is 10.9. The summed E-state index contributed by atoms with van der Waals surface area (Å²) in [6, 6.07) is 7.03. The van der Waals surface area contributed by atoms with Crippen LogP contribution in [0.2, 0.25) is 5.02 Å². The molecule has 1 amide bonds. The first kappa shape index (κ1) is 15.5. The highest BCUT2D eigenvalue weighted by Gasteiger charge is 2.09. The number of halogens is 1. The van der Waals surface area contributed by atoms with Gasteiger partial charge in [0.15, 0.2) is 0 Å². The largest absolute Gasteiger partial charge is 0.325 e. The Hall–Kier alpha value is -1.85. The number of hydrogen-bond acceptors (Lipinski definition) is 3. The second-order valence-electron chi connectivity index (χ2n) is 4.93. The highest BCUT2D eigenvalue weighted by atomic mass is 35.5. The molecule has 2 aromatic rings. The Bertz CT molecular complexity index is 634. The van der Waals surface area contributed by atoms with Crippen molar-refractivity contribution in [3.63, 3.8) is 0 Å². The van der Waals surface area contributed by atoms with Crippen LogP contribution in [0.5, 0.6) is 0 Å². The van der Waals surface area contributed by atoms with Crippen LogP contribution in [0.4, 0.5) is 5.69 Å². The maximum Gasteiger partial charge on any atom is 0.238 e. The van der Waals surface area contributed by atoms with Gasteiger partial charge in [0.05, 0.1) is 12.2 Å². The van der Waals surface area contributed by atoms with Gasteiger partial charge in [-0.25, -0.2) is 0 Å². The molecule has 21 heavy (non-hydrogen) atoms. The van der Waals surface area contributed by atoms with Crippen molar-refractivity contribution in [3.8, 4) is 0 Å². The van der Waals surface area contributed by atoms with E-state index in [-0.39, 0.29) is 12.5 Å². The summed E-state index contributed by atoms with van der Waals surface area (Å²) in [6.45, 7) is 4.86. The molecule has 0 saturated carbocycles. The molecule has 0 atom stereocenters. The minimum Gasteiger partial charge on any atom is -0.325 e. The molecule has 5 nitrogen and oxygen atoms in total. The normalized spacial score (nSPS) is 10.7. The van der Waals surface area contributed by atoms with E-state index in [1.165, 1.54) is 0 Å². The third-order valence-corrected chi connectivity index (χ3v) is 3.63. The number of nitrogens with zero attached hydrogens (tertiary/aromatic N) is 2. The van der Waals surface area contributed by atoms with E-state index in [0.717, 1.165) is 22.6 Å². The zero-order valence-electron chi connectivity index (χ0n) is 12.4. The number of amides is 1. The molecule has 0 aliphatic rings. The molecule has 1 heterocycles. The molecule has 6 heteroatoms. The Morgan fingerprint density at radius 3 is 2.52 bits per heavy atom. The lowest BCUT2D eigenvalue weighted by Crippen LogP contribution is -2.28. The monoisotopic (exact) mass is 306 g/mol. The zero-order chi connectivity index (χ0) is 15.4. The summed E-state index contributed by atoms with van der Waals surface area (Å²) in [5.41, 5.74) is 3.97. The van der Waals surface area contributed by atoms with Gasteiger partial charge in [-0.2, -0.15) is 5.10 Å². The molecular weight excluding hydrogens is 288 g/mol. The molecule has 1 aromatic carbocycles. The number of hydrogen-bond donors (Lipinski definition) is 2. The number of carbonyl (C=O) groups is 1. The fraction of sp³-hybridized carbons (Fsp3) is 0.333. The van der Waals surface area contributed by atoms with E-state index in [0.29, 0.717) is 11.6 Å². The smallest absolute Gasteiger partial charge is 0.238 e. The van der Waals surface area contributed by atoms with Crippen LogP contribution in [0.15, 0.2) is 24.3 Å². The number of aryl methyl sites for hydroxylation is 2. The van der Waals surface area contributed by atoms with E-state index >= 15 is 0 Å². The lowest BCUT2D eigenvalue weighted by molar-refractivity contribution is -0.115. The van der Waals surface area contributed by atoms with Crippen molar-refractivity contribution in [2.75, 3.05) is 11.9 Å². The third-order valence-electron chi connectivity index (χ3n) is 3.37. The van der Waals surface area contributed by atoms with Crippen molar-refractivity contribution in [2.24, 2.45) is 7.05 Å². The average molecular weight is 307 g/mol. The number of carbonyl (C=O) groups excluding carboxylic acids is 1. The molecule has 0 aliphatic carbocycles. The van der Waals surface area contributed by atoms with E-state index in [4.69, 9.17) is 11.6 Å². The van der Waals surface area contributed by atoms with Crippen LogP contribution in [0.1, 0.15) is 17.0 Å². The number of rotatable bonds is 5. The van der Waals surface area contributed by atoms with E-state index in [1.54, 1.807) is 24.3 Å². The fourth-order valence-corrected chi connectivity index (χ4v) is 2.24. The molecule has 0 spiro atoms. The van der Waals surface area contributed by atoms with Crippen molar-refractivity contribution >= 4 is 23.2 Å². The van der Waals surface area contributed by atoms with Gasteiger partial charge in [-0.1, -0.05) is 11.6 Å². The second-order valence-corrected chi connectivity index (χ2v) is 5.37. The molecule has 2 N–H and O–H groups in total. The summed E-state index contributed by atoms with van der Waals surface area (Å²) < 4.78 is 1.85. The van der Waals surface area contributed by atoms with Crippen molar-refractivity contribution in [1.82, 2.24) is 15.1 Å². The number of anilines is 1. The molecule has 0 bridgehead atoms. The minimum atomic E-state index is -0.0866. The van der Waals surface area contributed by atoms with Crippen molar-refractivity contribution in [2.45, 2.75) is 20.4 Å². The molecule has 0 saturated heterocycles. The van der Waals surface area contributed by atoms with Crippen LogP contribution >= 0.6 is 11.6 Å². The van der Waals surface area contributed by atoms with Crippen molar-refractivity contribution in [1.29, 1.82) is 0 Å². The third kappa shape index (κ3) is 4.06.